The lowest BCUT2D eigenvalue weighted by Crippen LogP contribution is -2.28. The van der Waals surface area contributed by atoms with Gasteiger partial charge in [-0.2, -0.15) is 0 Å². The molecule has 1 atom stereocenters. The lowest BCUT2D eigenvalue weighted by atomic mass is 9.86. The first-order valence-corrected chi connectivity index (χ1v) is 5.47. The second-order valence-electron chi connectivity index (χ2n) is 5.51. The van der Waals surface area contributed by atoms with Crippen LogP contribution in [0.15, 0.2) is 18.2 Å². The Morgan fingerprint density at radius 2 is 1.62 bits per heavy atom. The summed E-state index contributed by atoms with van der Waals surface area (Å²) in [7, 11) is 0. The van der Waals surface area contributed by atoms with Gasteiger partial charge in [-0.15, -0.1) is 0 Å². The van der Waals surface area contributed by atoms with Gasteiger partial charge in [0.1, 0.15) is 11.6 Å². The van der Waals surface area contributed by atoms with Gasteiger partial charge in [0.05, 0.1) is 0 Å². The number of nitrogens with two attached hydrogens (primary N) is 1. The Kier molecular flexibility index (Phi) is 4.03. The van der Waals surface area contributed by atoms with Crippen molar-refractivity contribution in [3.05, 3.63) is 35.4 Å². The number of hydrogen-bond acceptors (Lipinski definition) is 1. The molecule has 0 saturated carbocycles. The maximum absolute atomic E-state index is 12.9. The molecule has 16 heavy (non-hydrogen) atoms. The predicted octanol–water partition coefficient (Wildman–Crippen LogP) is 3.27. The summed E-state index contributed by atoms with van der Waals surface area (Å²) < 4.78 is 25.9. The fraction of sp³-hybridized carbons (Fsp3) is 0.538. The first-order chi connectivity index (χ1) is 7.26. The highest BCUT2D eigenvalue weighted by atomic mass is 19.1. The van der Waals surface area contributed by atoms with Crippen LogP contribution < -0.4 is 5.73 Å². The molecule has 1 nitrogen and oxygen atoms in total. The standard InChI is InChI=1S/C13H19F2N/c1-13(2,3)8-12(16)6-9-4-10(14)7-11(15)5-9/h4-5,7,12H,6,8,16H2,1-3H3. The van der Waals surface area contributed by atoms with E-state index < -0.39 is 11.6 Å². The molecule has 1 rings (SSSR count). The first-order valence-electron chi connectivity index (χ1n) is 5.47. The second kappa shape index (κ2) is 4.91. The summed E-state index contributed by atoms with van der Waals surface area (Å²) >= 11 is 0. The lowest BCUT2D eigenvalue weighted by molar-refractivity contribution is 0.338. The van der Waals surface area contributed by atoms with Gasteiger partial charge in [-0.3, -0.25) is 0 Å². The monoisotopic (exact) mass is 227 g/mol. The van der Waals surface area contributed by atoms with Crippen LogP contribution in [-0.2, 0) is 6.42 Å². The number of benzene rings is 1. The van der Waals surface area contributed by atoms with Crippen molar-refractivity contribution in [2.24, 2.45) is 11.1 Å². The molecule has 1 aromatic carbocycles. The smallest absolute Gasteiger partial charge is 0.126 e. The van der Waals surface area contributed by atoms with Crippen LogP contribution >= 0.6 is 0 Å². The van der Waals surface area contributed by atoms with E-state index >= 15 is 0 Å². The Labute approximate surface area is 95.7 Å². The highest BCUT2D eigenvalue weighted by Gasteiger charge is 2.16. The summed E-state index contributed by atoms with van der Waals surface area (Å²) in [5, 5.41) is 0. The van der Waals surface area contributed by atoms with Gasteiger partial charge in [-0.05, 0) is 36.0 Å². The highest BCUT2D eigenvalue weighted by Crippen LogP contribution is 2.21. The maximum atomic E-state index is 12.9. The van der Waals surface area contributed by atoms with E-state index in [1.807, 2.05) is 0 Å². The highest BCUT2D eigenvalue weighted by molar-refractivity contribution is 5.18. The van der Waals surface area contributed by atoms with Gasteiger partial charge in [0, 0.05) is 12.1 Å². The van der Waals surface area contributed by atoms with Crippen LogP contribution in [0, 0.1) is 17.0 Å². The molecule has 0 fully saturated rings. The van der Waals surface area contributed by atoms with Gasteiger partial charge < -0.3 is 5.73 Å². The molecule has 1 unspecified atom stereocenters. The normalized spacial score (nSPS) is 13.9. The molecule has 1 aromatic rings. The first kappa shape index (κ1) is 13.1. The molecule has 0 amide bonds. The minimum Gasteiger partial charge on any atom is -0.327 e. The van der Waals surface area contributed by atoms with Crippen molar-refractivity contribution in [1.29, 1.82) is 0 Å². The van der Waals surface area contributed by atoms with E-state index in [9.17, 15) is 8.78 Å². The fourth-order valence-corrected chi connectivity index (χ4v) is 1.89. The summed E-state index contributed by atoms with van der Waals surface area (Å²) in [6.45, 7) is 6.29. The van der Waals surface area contributed by atoms with Crippen molar-refractivity contribution in [3.63, 3.8) is 0 Å². The van der Waals surface area contributed by atoms with Crippen LogP contribution in [0.25, 0.3) is 0 Å². The third-order valence-electron chi connectivity index (χ3n) is 2.29. The van der Waals surface area contributed by atoms with Crippen molar-refractivity contribution in [1.82, 2.24) is 0 Å². The van der Waals surface area contributed by atoms with Crippen LogP contribution in [0.5, 0.6) is 0 Å². The van der Waals surface area contributed by atoms with E-state index in [1.54, 1.807) is 0 Å². The molecule has 0 heterocycles. The second-order valence-corrected chi connectivity index (χ2v) is 5.51. The fourth-order valence-electron chi connectivity index (χ4n) is 1.89. The molecule has 0 bridgehead atoms. The van der Waals surface area contributed by atoms with Gasteiger partial charge in [0.2, 0.25) is 0 Å². The Hall–Kier alpha value is -0.960. The molecular weight excluding hydrogens is 208 g/mol. The molecule has 0 radical (unpaired) electrons. The van der Waals surface area contributed by atoms with Crippen LogP contribution in [0.3, 0.4) is 0 Å². The predicted molar refractivity (Wildman–Crippen MR) is 62.1 cm³/mol. The molecule has 3 heteroatoms. The zero-order chi connectivity index (χ0) is 12.3. The summed E-state index contributed by atoms with van der Waals surface area (Å²) in [4.78, 5) is 0. The summed E-state index contributed by atoms with van der Waals surface area (Å²) in [5.74, 6) is -1.09. The summed E-state index contributed by atoms with van der Waals surface area (Å²) in [6, 6.07) is 3.48. The molecule has 0 aromatic heterocycles. The Morgan fingerprint density at radius 3 is 2.06 bits per heavy atom. The van der Waals surface area contributed by atoms with E-state index in [0.29, 0.717) is 12.0 Å². The van der Waals surface area contributed by atoms with E-state index in [-0.39, 0.29) is 11.5 Å². The zero-order valence-electron chi connectivity index (χ0n) is 10.1. The van der Waals surface area contributed by atoms with Crippen LogP contribution in [0.2, 0.25) is 0 Å². The largest absolute Gasteiger partial charge is 0.327 e. The van der Waals surface area contributed by atoms with E-state index in [1.165, 1.54) is 12.1 Å². The molecule has 0 spiro atoms. The van der Waals surface area contributed by atoms with Crippen molar-refractivity contribution in [2.75, 3.05) is 0 Å². The third-order valence-corrected chi connectivity index (χ3v) is 2.29. The molecule has 0 aliphatic heterocycles. The molecule has 90 valence electrons. The van der Waals surface area contributed by atoms with E-state index in [0.717, 1.165) is 12.5 Å². The van der Waals surface area contributed by atoms with E-state index in [2.05, 4.69) is 20.8 Å². The third kappa shape index (κ3) is 4.71. The maximum Gasteiger partial charge on any atom is 0.126 e. The molecule has 0 saturated heterocycles. The summed E-state index contributed by atoms with van der Waals surface area (Å²) in [5.41, 5.74) is 6.70. The SMILES string of the molecule is CC(C)(C)CC(N)Cc1cc(F)cc(F)c1. The van der Waals surface area contributed by atoms with Gasteiger partial charge in [0.15, 0.2) is 0 Å². The minimum atomic E-state index is -0.544. The molecule has 0 aliphatic carbocycles. The number of rotatable bonds is 3. The average molecular weight is 227 g/mol. The summed E-state index contributed by atoms with van der Waals surface area (Å²) in [6.07, 6.45) is 1.33. The molecular formula is C13H19F2N. The molecule has 0 aliphatic rings. The number of halogens is 2. The van der Waals surface area contributed by atoms with Crippen molar-refractivity contribution >= 4 is 0 Å². The van der Waals surface area contributed by atoms with Crippen molar-refractivity contribution in [3.8, 4) is 0 Å². The lowest BCUT2D eigenvalue weighted by Gasteiger charge is -2.23. The van der Waals surface area contributed by atoms with Crippen LogP contribution in [0.4, 0.5) is 8.78 Å². The van der Waals surface area contributed by atoms with E-state index in [4.69, 9.17) is 5.73 Å². The Bertz CT molecular complexity index is 335. The van der Waals surface area contributed by atoms with Crippen LogP contribution in [0.1, 0.15) is 32.8 Å². The van der Waals surface area contributed by atoms with Crippen molar-refractivity contribution < 1.29 is 8.78 Å². The zero-order valence-corrected chi connectivity index (χ0v) is 10.1. The van der Waals surface area contributed by atoms with Gasteiger partial charge in [-0.1, -0.05) is 20.8 Å². The average Bonchev–Trinajstić information content (AvgIpc) is 1.96. The minimum absolute atomic E-state index is 0.0683. The molecule has 2 N–H and O–H groups in total. The van der Waals surface area contributed by atoms with Crippen LogP contribution in [-0.4, -0.2) is 6.04 Å². The van der Waals surface area contributed by atoms with Gasteiger partial charge in [-0.25, -0.2) is 8.78 Å². The van der Waals surface area contributed by atoms with Gasteiger partial charge in [0.25, 0.3) is 0 Å². The van der Waals surface area contributed by atoms with Crippen molar-refractivity contribution in [2.45, 2.75) is 39.7 Å². The quantitative estimate of drug-likeness (QED) is 0.842. The number of hydrogen-bond donors (Lipinski definition) is 1. The van der Waals surface area contributed by atoms with Gasteiger partial charge >= 0.3 is 0 Å². The topological polar surface area (TPSA) is 26.0 Å². The Balaban J connectivity index is 2.66. The Morgan fingerprint density at radius 1 is 1.12 bits per heavy atom.